The summed E-state index contributed by atoms with van der Waals surface area (Å²) in [6, 6.07) is 5.61. The third-order valence-corrected chi connectivity index (χ3v) is 2.93. The van der Waals surface area contributed by atoms with Crippen molar-refractivity contribution < 1.29 is 9.63 Å². The van der Waals surface area contributed by atoms with Gasteiger partial charge in [-0.25, -0.2) is 4.84 Å². The highest BCUT2D eigenvalue weighted by molar-refractivity contribution is 9.10. The third kappa shape index (κ3) is 1.51. The van der Waals surface area contributed by atoms with Gasteiger partial charge >= 0.3 is 0 Å². The highest BCUT2D eigenvalue weighted by Crippen LogP contribution is 2.41. The van der Waals surface area contributed by atoms with E-state index in [4.69, 9.17) is 4.84 Å². The first-order valence-corrected chi connectivity index (χ1v) is 5.28. The molecule has 0 radical (unpaired) electrons. The molecule has 1 aliphatic rings. The number of hydroxylamine groups is 1. The van der Waals surface area contributed by atoms with Crippen LogP contribution in [0.5, 0.6) is 0 Å². The molecule has 1 heterocycles. The monoisotopic (exact) mass is 305 g/mol. The summed E-state index contributed by atoms with van der Waals surface area (Å²) in [6.07, 6.45) is 0.647. The van der Waals surface area contributed by atoms with Crippen molar-refractivity contribution in [1.29, 1.82) is 0 Å². The molecule has 0 spiro atoms. The lowest BCUT2D eigenvalue weighted by molar-refractivity contribution is -0.113. The number of nitrogens with zero attached hydrogens (tertiary/aromatic N) is 1. The van der Waals surface area contributed by atoms with Gasteiger partial charge in [0.05, 0.1) is 5.69 Å². The van der Waals surface area contributed by atoms with Crippen molar-refractivity contribution in [2.45, 2.75) is 5.01 Å². The second kappa shape index (κ2) is 3.40. The minimum Gasteiger partial charge on any atom is -0.276 e. The number of carbonyl (C=O) groups excluding carboxylic acids is 1. The van der Waals surface area contributed by atoms with Gasteiger partial charge in [-0.2, -0.15) is 5.06 Å². The quantitative estimate of drug-likeness (QED) is 0.590. The SMILES string of the molecule is O=CN1OC(Br)c2cc(Br)ccc21. The highest BCUT2D eigenvalue weighted by Gasteiger charge is 2.27. The lowest BCUT2D eigenvalue weighted by Crippen LogP contribution is -2.15. The molecule has 1 unspecified atom stereocenters. The number of hydrogen-bond acceptors (Lipinski definition) is 2. The summed E-state index contributed by atoms with van der Waals surface area (Å²) in [5.74, 6) is 0. The van der Waals surface area contributed by atoms with Crippen molar-refractivity contribution in [3.63, 3.8) is 0 Å². The molecule has 1 atom stereocenters. The fourth-order valence-electron chi connectivity index (χ4n) is 1.20. The molecule has 1 amide bonds. The second-order valence-corrected chi connectivity index (χ2v) is 4.30. The molecule has 68 valence electrons. The van der Waals surface area contributed by atoms with Gasteiger partial charge in [0.15, 0.2) is 5.01 Å². The van der Waals surface area contributed by atoms with Crippen molar-refractivity contribution in [1.82, 2.24) is 0 Å². The van der Waals surface area contributed by atoms with Crippen LogP contribution in [0.15, 0.2) is 22.7 Å². The van der Waals surface area contributed by atoms with Gasteiger partial charge in [-0.05, 0) is 34.1 Å². The summed E-state index contributed by atoms with van der Waals surface area (Å²) in [5, 5.41) is 0.964. The van der Waals surface area contributed by atoms with Crippen LogP contribution in [0.4, 0.5) is 5.69 Å². The maximum atomic E-state index is 10.6. The van der Waals surface area contributed by atoms with Crippen LogP contribution in [0.25, 0.3) is 0 Å². The van der Waals surface area contributed by atoms with Crippen molar-refractivity contribution >= 4 is 44.0 Å². The van der Waals surface area contributed by atoms with Crippen molar-refractivity contribution in [2.24, 2.45) is 0 Å². The van der Waals surface area contributed by atoms with E-state index in [-0.39, 0.29) is 5.01 Å². The van der Waals surface area contributed by atoms with E-state index in [2.05, 4.69) is 31.9 Å². The van der Waals surface area contributed by atoms with Gasteiger partial charge < -0.3 is 0 Å². The molecule has 3 nitrogen and oxygen atoms in total. The standard InChI is InChI=1S/C8H5Br2NO2/c9-5-1-2-7-6(3-5)8(10)13-11(7)4-12/h1-4,8H. The molecule has 0 bridgehead atoms. The largest absolute Gasteiger partial charge is 0.276 e. The van der Waals surface area contributed by atoms with Crippen LogP contribution < -0.4 is 5.06 Å². The molecule has 0 saturated carbocycles. The van der Waals surface area contributed by atoms with Crippen LogP contribution in [0.2, 0.25) is 0 Å². The van der Waals surface area contributed by atoms with Gasteiger partial charge in [0.25, 0.3) is 0 Å². The van der Waals surface area contributed by atoms with Gasteiger partial charge in [0.1, 0.15) is 0 Å². The average molecular weight is 307 g/mol. The van der Waals surface area contributed by atoms with Crippen LogP contribution in [-0.2, 0) is 9.63 Å². The number of benzene rings is 1. The van der Waals surface area contributed by atoms with Crippen LogP contribution in [0.1, 0.15) is 10.6 Å². The minimum atomic E-state index is -0.245. The van der Waals surface area contributed by atoms with E-state index >= 15 is 0 Å². The first kappa shape index (κ1) is 9.18. The molecule has 0 aliphatic carbocycles. The molecule has 13 heavy (non-hydrogen) atoms. The lowest BCUT2D eigenvalue weighted by atomic mass is 10.2. The van der Waals surface area contributed by atoms with Crippen molar-refractivity contribution in [3.05, 3.63) is 28.2 Å². The van der Waals surface area contributed by atoms with Crippen LogP contribution in [-0.4, -0.2) is 6.41 Å². The predicted octanol–water partition coefficient (Wildman–Crippen LogP) is 2.75. The van der Waals surface area contributed by atoms with E-state index in [0.717, 1.165) is 15.7 Å². The maximum Gasteiger partial charge on any atom is 0.238 e. The number of fused-ring (bicyclic) bond motifs is 1. The Bertz CT molecular complexity index is 356. The Morgan fingerprint density at radius 2 is 2.31 bits per heavy atom. The molecule has 1 aromatic rings. The summed E-state index contributed by atoms with van der Waals surface area (Å²) in [7, 11) is 0. The summed E-state index contributed by atoms with van der Waals surface area (Å²) < 4.78 is 0.965. The van der Waals surface area contributed by atoms with Gasteiger partial charge in [-0.3, -0.25) is 4.79 Å². The summed E-state index contributed by atoms with van der Waals surface area (Å²) in [4.78, 5) is 15.8. The summed E-state index contributed by atoms with van der Waals surface area (Å²) >= 11 is 6.66. The Hall–Kier alpha value is -0.390. The van der Waals surface area contributed by atoms with E-state index < -0.39 is 0 Å². The Morgan fingerprint density at radius 1 is 1.54 bits per heavy atom. The minimum absolute atomic E-state index is 0.245. The molecule has 5 heteroatoms. The Kier molecular flexibility index (Phi) is 2.40. The number of carbonyl (C=O) groups is 1. The lowest BCUT2D eigenvalue weighted by Gasteiger charge is -2.07. The molecule has 1 aliphatic heterocycles. The van der Waals surface area contributed by atoms with Crippen molar-refractivity contribution in [2.75, 3.05) is 5.06 Å². The van der Waals surface area contributed by atoms with E-state index in [1.54, 1.807) is 0 Å². The molecular weight excluding hydrogens is 302 g/mol. The number of amides is 1. The van der Waals surface area contributed by atoms with E-state index in [9.17, 15) is 4.79 Å². The van der Waals surface area contributed by atoms with E-state index in [1.807, 2.05) is 18.2 Å². The molecule has 1 aromatic carbocycles. The third-order valence-electron chi connectivity index (χ3n) is 1.77. The van der Waals surface area contributed by atoms with E-state index in [1.165, 1.54) is 5.06 Å². The number of rotatable bonds is 1. The fraction of sp³-hybridized carbons (Fsp3) is 0.125. The molecule has 0 N–H and O–H groups in total. The topological polar surface area (TPSA) is 29.5 Å². The second-order valence-electron chi connectivity index (χ2n) is 2.56. The highest BCUT2D eigenvalue weighted by atomic mass is 79.9. The average Bonchev–Trinajstić information content (AvgIpc) is 2.43. The van der Waals surface area contributed by atoms with Crippen LogP contribution in [0, 0.1) is 0 Å². The Balaban J connectivity index is 2.51. The molecule has 0 saturated heterocycles. The Labute approximate surface area is 91.9 Å². The smallest absolute Gasteiger partial charge is 0.238 e. The molecular formula is C8H5Br2NO2. The van der Waals surface area contributed by atoms with Crippen molar-refractivity contribution in [3.8, 4) is 0 Å². The van der Waals surface area contributed by atoms with Crippen LogP contribution >= 0.6 is 31.9 Å². The van der Waals surface area contributed by atoms with E-state index in [0.29, 0.717) is 6.41 Å². The predicted molar refractivity (Wildman–Crippen MR) is 55.4 cm³/mol. The molecule has 0 fully saturated rings. The maximum absolute atomic E-state index is 10.6. The number of alkyl halides is 1. The zero-order valence-electron chi connectivity index (χ0n) is 6.41. The number of halogens is 2. The Morgan fingerprint density at radius 3 is 3.00 bits per heavy atom. The molecule has 0 aromatic heterocycles. The first-order chi connectivity index (χ1) is 6.22. The van der Waals surface area contributed by atoms with Gasteiger partial charge in [-0.1, -0.05) is 15.9 Å². The summed E-state index contributed by atoms with van der Waals surface area (Å²) in [6.45, 7) is 0. The zero-order chi connectivity index (χ0) is 9.42. The normalized spacial score (nSPS) is 20.2. The van der Waals surface area contributed by atoms with Crippen LogP contribution in [0.3, 0.4) is 0 Å². The zero-order valence-corrected chi connectivity index (χ0v) is 9.58. The van der Waals surface area contributed by atoms with Gasteiger partial charge in [-0.15, -0.1) is 0 Å². The first-order valence-electron chi connectivity index (χ1n) is 3.57. The number of hydrogen-bond donors (Lipinski definition) is 0. The van der Waals surface area contributed by atoms with Gasteiger partial charge in [0.2, 0.25) is 6.41 Å². The fourth-order valence-corrected chi connectivity index (χ4v) is 2.13. The number of anilines is 1. The molecule has 2 rings (SSSR count). The summed E-state index contributed by atoms with van der Waals surface area (Å²) in [5.41, 5.74) is 1.72. The van der Waals surface area contributed by atoms with Gasteiger partial charge in [0, 0.05) is 10.0 Å².